The number of sulfonamides is 1. The summed E-state index contributed by atoms with van der Waals surface area (Å²) in [6.45, 7) is -1.54. The Labute approximate surface area is 189 Å². The fourth-order valence-corrected chi connectivity index (χ4v) is 4.93. The van der Waals surface area contributed by atoms with Gasteiger partial charge in [0, 0.05) is 19.4 Å². The van der Waals surface area contributed by atoms with Crippen LogP contribution in [0, 0.1) is 27.6 Å². The van der Waals surface area contributed by atoms with E-state index in [2.05, 4.69) is 5.16 Å². The molecular weight excluding hydrogens is 426 g/mol. The summed E-state index contributed by atoms with van der Waals surface area (Å²) in [6.07, 6.45) is 0. The van der Waals surface area contributed by atoms with Gasteiger partial charge >= 0.3 is 0 Å². The Morgan fingerprint density at radius 3 is 2.70 bits per heavy atom. The van der Waals surface area contributed by atoms with Crippen molar-refractivity contribution in [3.8, 4) is 0 Å². The largest absolute Gasteiger partial charge is 0.337 e. The van der Waals surface area contributed by atoms with Gasteiger partial charge in [-0.05, 0) is 63.1 Å². The lowest BCUT2D eigenvalue weighted by Crippen LogP contribution is -2.20. The minimum atomic E-state index is -4.86. The molecule has 0 spiro atoms. The van der Waals surface area contributed by atoms with E-state index in [9.17, 15) is 18.0 Å². The van der Waals surface area contributed by atoms with Crippen molar-refractivity contribution in [1.82, 2.24) is 5.16 Å². The zero-order valence-corrected chi connectivity index (χ0v) is 17.6. The minimum Gasteiger partial charge on any atom is -0.337 e. The number of benzene rings is 1. The first kappa shape index (κ1) is 13.3. The van der Waals surface area contributed by atoms with Crippen LogP contribution in [-0.4, -0.2) is 25.3 Å². The average molecular weight is 456 g/mol. The van der Waals surface area contributed by atoms with Crippen molar-refractivity contribution in [2.75, 3.05) is 10.0 Å². The van der Waals surface area contributed by atoms with Gasteiger partial charge in [0.05, 0.1) is 11.4 Å². The molecule has 0 atom stereocenters. The summed E-state index contributed by atoms with van der Waals surface area (Å²) >= 11 is 0.630. The molecule has 2 N–H and O–H groups in total. The molecule has 0 unspecified atom stereocenters. The highest BCUT2D eigenvalue weighted by atomic mass is 32.2. The normalized spacial score (nSPS) is 16.1. The van der Waals surface area contributed by atoms with Crippen LogP contribution in [0.4, 0.5) is 11.6 Å². The van der Waals surface area contributed by atoms with E-state index in [0.717, 1.165) is 6.07 Å². The van der Waals surface area contributed by atoms with Crippen molar-refractivity contribution < 1.29 is 33.6 Å². The van der Waals surface area contributed by atoms with E-state index in [1.54, 1.807) is 6.92 Å². The second-order valence-electron chi connectivity index (χ2n) is 6.37. The first-order valence-corrected chi connectivity index (χ1v) is 10.7. The van der Waals surface area contributed by atoms with Gasteiger partial charge in [0.1, 0.15) is 9.77 Å². The number of rotatable bonds is 6. The number of nitrogens with zero attached hydrogens (tertiary/aromatic N) is 1. The molecule has 2 aromatic heterocycles. The summed E-state index contributed by atoms with van der Waals surface area (Å²) in [5, 5.41) is 4.80. The molecule has 0 aliphatic heterocycles. The fourth-order valence-electron chi connectivity index (χ4n) is 2.66. The third kappa shape index (κ3) is 4.14. The summed E-state index contributed by atoms with van der Waals surface area (Å²) < 4.78 is 92.6. The maximum atomic E-state index is 13.3. The number of aromatic nitrogens is 1. The number of nitrogens with one attached hydrogen (secondary N) is 2. The molecule has 10 heteroatoms. The fraction of sp³-hybridized carbons (Fsp3) is 0.250. The maximum absolute atomic E-state index is 13.3. The highest BCUT2D eigenvalue weighted by molar-refractivity contribution is 7.93. The molecule has 1 aromatic carbocycles. The predicted molar refractivity (Wildman–Crippen MR) is 115 cm³/mol. The molecule has 0 bridgehead atoms. The third-order valence-electron chi connectivity index (χ3n) is 4.11. The zero-order chi connectivity index (χ0) is 29.0. The molecule has 1 amide bonds. The SMILES string of the molecule is [2H]N(C(=O)c1sccc1S(=O)(=O)N([2H])c1onc(C([2H])([2H])[2H])c1C)c1c(C)cc(C)cc1C(=O)C([2H])([2H])[2H]. The first-order valence-electron chi connectivity index (χ1n) is 12.3. The Balaban J connectivity index is 2.08. The number of hydrogen-bond donors (Lipinski definition) is 2. The van der Waals surface area contributed by atoms with Crippen LogP contribution in [0.25, 0.3) is 0 Å². The van der Waals surface area contributed by atoms with Crippen LogP contribution in [0.5, 0.6) is 0 Å². The third-order valence-corrected chi connectivity index (χ3v) is 6.44. The molecule has 0 aliphatic rings. The average Bonchev–Trinajstić information content (AvgIpc) is 3.43. The van der Waals surface area contributed by atoms with Gasteiger partial charge in [0.15, 0.2) is 8.61 Å². The molecule has 158 valence electrons. The summed E-state index contributed by atoms with van der Waals surface area (Å²) in [4.78, 5) is 24.7. The Morgan fingerprint density at radius 2 is 2.03 bits per heavy atom. The van der Waals surface area contributed by atoms with Crippen molar-refractivity contribution in [3.63, 3.8) is 0 Å². The highest BCUT2D eigenvalue weighted by Gasteiger charge is 2.27. The van der Waals surface area contributed by atoms with Crippen molar-refractivity contribution in [2.45, 2.75) is 39.4 Å². The Bertz CT molecular complexity index is 1530. The van der Waals surface area contributed by atoms with E-state index in [0.29, 0.717) is 16.9 Å². The van der Waals surface area contributed by atoms with Gasteiger partial charge < -0.3 is 9.83 Å². The van der Waals surface area contributed by atoms with E-state index < -0.39 is 62.3 Å². The van der Waals surface area contributed by atoms with Gasteiger partial charge in [0.2, 0.25) is 5.88 Å². The molecule has 3 aromatic rings. The Hall–Kier alpha value is -2.98. The van der Waals surface area contributed by atoms with Gasteiger partial charge in [-0.3, -0.25) is 9.59 Å². The number of anilines is 2. The van der Waals surface area contributed by atoms with Gasteiger partial charge in [0.25, 0.3) is 15.9 Å². The van der Waals surface area contributed by atoms with Crippen molar-refractivity contribution in [3.05, 3.63) is 56.4 Å². The zero-order valence-electron chi connectivity index (χ0n) is 24.0. The molecule has 30 heavy (non-hydrogen) atoms. The molecule has 0 saturated carbocycles. The molecular formula is C20H21N3O5S2. The van der Waals surface area contributed by atoms with Crippen LogP contribution in [0.2, 0.25) is 2.82 Å². The summed E-state index contributed by atoms with van der Waals surface area (Å²) in [5.41, 5.74) is -0.795. The lowest BCUT2D eigenvalue weighted by Gasteiger charge is -2.14. The number of amides is 1. The second kappa shape index (κ2) is 8.04. The Morgan fingerprint density at radius 1 is 1.27 bits per heavy atom. The highest BCUT2D eigenvalue weighted by Crippen LogP contribution is 2.29. The predicted octanol–water partition coefficient (Wildman–Crippen LogP) is 4.23. The van der Waals surface area contributed by atoms with E-state index in [-0.39, 0.29) is 26.8 Å². The molecule has 0 radical (unpaired) electrons. The number of Topliss-reactive ketones (excluding diaryl/α,β-unsaturated/α-hetero) is 1. The quantitative estimate of drug-likeness (QED) is 0.537. The summed E-state index contributed by atoms with van der Waals surface area (Å²) in [7, 11) is -4.86. The van der Waals surface area contributed by atoms with E-state index in [1.807, 2.05) is 0 Å². The van der Waals surface area contributed by atoms with Crippen LogP contribution in [-0.2, 0) is 10.0 Å². The van der Waals surface area contributed by atoms with Crippen molar-refractivity contribution in [1.29, 1.82) is 0 Å². The van der Waals surface area contributed by atoms with Crippen LogP contribution in [0.1, 0.15) is 57.5 Å². The number of hydrogen-bond acceptors (Lipinski definition) is 7. The van der Waals surface area contributed by atoms with E-state index in [1.165, 1.54) is 31.4 Å². The number of thiophene rings is 1. The van der Waals surface area contributed by atoms with Crippen LogP contribution in [0.15, 0.2) is 33.0 Å². The molecule has 0 saturated heterocycles. The Kier molecular flexibility index (Phi) is 3.58. The lowest BCUT2D eigenvalue weighted by atomic mass is 10.0. The molecule has 0 aliphatic carbocycles. The standard InChI is InChI=1S/C20H21N3O5S2/c1-10-8-11(2)17(15(9-10)14(5)24)21-19(25)18-16(6-7-29-18)30(26,27)23-20-12(3)13(4)22-28-20/h6-9,23H,1-5H3,(H,21,25)/i4D3,5D3/hD2. The summed E-state index contributed by atoms with van der Waals surface area (Å²) in [6, 6.07) is 3.75. The molecule has 8 nitrogen and oxygen atoms in total. The van der Waals surface area contributed by atoms with Gasteiger partial charge in [-0.15, -0.1) is 11.3 Å². The maximum Gasteiger partial charge on any atom is 0.267 e. The van der Waals surface area contributed by atoms with Crippen LogP contribution >= 0.6 is 11.3 Å². The van der Waals surface area contributed by atoms with Crippen LogP contribution < -0.4 is 10.0 Å². The van der Waals surface area contributed by atoms with Gasteiger partial charge in [-0.1, -0.05) is 11.2 Å². The first-order chi connectivity index (χ1) is 17.3. The lowest BCUT2D eigenvalue weighted by molar-refractivity contribution is 0.101. The summed E-state index contributed by atoms with van der Waals surface area (Å²) in [5.74, 6) is -3.22. The smallest absolute Gasteiger partial charge is 0.267 e. The second-order valence-corrected chi connectivity index (χ2v) is 8.85. The molecule has 2 heterocycles. The molecule has 3 rings (SSSR count). The number of ketones is 1. The topological polar surface area (TPSA) is 118 Å². The number of aryl methyl sites for hydroxylation is 3. The van der Waals surface area contributed by atoms with Gasteiger partial charge in [-0.2, -0.15) is 0 Å². The van der Waals surface area contributed by atoms with Crippen molar-refractivity contribution >= 4 is 44.6 Å². The van der Waals surface area contributed by atoms with Crippen molar-refractivity contribution in [2.24, 2.45) is 0 Å². The van der Waals surface area contributed by atoms with E-state index >= 15 is 0 Å². The number of carbonyl (C=O) groups excluding carboxylic acids is 2. The van der Waals surface area contributed by atoms with Crippen LogP contribution in [0.3, 0.4) is 0 Å². The minimum absolute atomic E-state index is 0.113. The monoisotopic (exact) mass is 455 g/mol. The molecule has 0 fully saturated rings. The number of carbonyl (C=O) groups is 2. The van der Waals surface area contributed by atoms with Gasteiger partial charge in [-0.25, -0.2) is 13.1 Å². The van der Waals surface area contributed by atoms with E-state index in [4.69, 9.17) is 15.6 Å².